The molecule has 1 N–H and O–H groups in total. The lowest BCUT2D eigenvalue weighted by molar-refractivity contribution is -0.135. The van der Waals surface area contributed by atoms with Gasteiger partial charge in [-0.05, 0) is 6.42 Å². The lowest BCUT2D eigenvalue weighted by Crippen LogP contribution is -2.45. The number of thiazole rings is 1. The van der Waals surface area contributed by atoms with E-state index in [-0.39, 0.29) is 18.4 Å². The van der Waals surface area contributed by atoms with E-state index in [1.807, 2.05) is 5.38 Å². The number of hydrogen-bond acceptors (Lipinski definition) is 6. The number of unbranched alkanes of at least 4 members (excludes halogenated alkanes) is 3. The van der Waals surface area contributed by atoms with E-state index < -0.39 is 0 Å². The van der Waals surface area contributed by atoms with Crippen LogP contribution in [0.25, 0.3) is 0 Å². The highest BCUT2D eigenvalue weighted by Crippen LogP contribution is 2.11. The molecule has 1 fully saturated rings. The van der Waals surface area contributed by atoms with Crippen LogP contribution in [0.15, 0.2) is 11.6 Å². The van der Waals surface area contributed by atoms with E-state index in [0.717, 1.165) is 58.5 Å². The zero-order valence-electron chi connectivity index (χ0n) is 15.6. The van der Waals surface area contributed by atoms with Crippen molar-refractivity contribution in [1.82, 2.24) is 14.8 Å². The number of carbonyl (C=O) groups excluding carboxylic acids is 2. The molecule has 1 aliphatic rings. The Labute approximate surface area is 159 Å². The zero-order chi connectivity index (χ0) is 18.6. The molecule has 8 heteroatoms. The van der Waals surface area contributed by atoms with E-state index >= 15 is 0 Å². The Morgan fingerprint density at radius 3 is 2.81 bits per heavy atom. The standard InChI is InChI=1S/C18H30N4O3S/c1-2-3-4-5-6-17(24)22(9-8-21-10-12-25-13-11-21)15-16(23)20-18-19-7-14-26-18/h7,14H,2-6,8-13,15H2,1H3,(H,19,20,23). The monoisotopic (exact) mass is 382 g/mol. The van der Waals surface area contributed by atoms with Gasteiger partial charge in [0.1, 0.15) is 0 Å². The maximum Gasteiger partial charge on any atom is 0.245 e. The fourth-order valence-electron chi connectivity index (χ4n) is 2.86. The van der Waals surface area contributed by atoms with E-state index in [2.05, 4.69) is 22.1 Å². The number of aromatic nitrogens is 1. The van der Waals surface area contributed by atoms with E-state index in [9.17, 15) is 9.59 Å². The third-order valence-electron chi connectivity index (χ3n) is 4.40. The second kappa shape index (κ2) is 12.0. The molecule has 146 valence electrons. The van der Waals surface area contributed by atoms with E-state index in [4.69, 9.17) is 4.74 Å². The molecule has 0 aliphatic carbocycles. The predicted octanol–water partition coefficient (Wildman–Crippen LogP) is 2.21. The van der Waals surface area contributed by atoms with Crippen molar-refractivity contribution in [2.24, 2.45) is 0 Å². The van der Waals surface area contributed by atoms with E-state index in [0.29, 0.717) is 18.1 Å². The molecule has 0 aromatic carbocycles. The van der Waals surface area contributed by atoms with Crippen molar-refractivity contribution < 1.29 is 14.3 Å². The number of anilines is 1. The molecule has 0 saturated carbocycles. The summed E-state index contributed by atoms with van der Waals surface area (Å²) in [6.45, 7) is 6.79. The Morgan fingerprint density at radius 2 is 2.12 bits per heavy atom. The van der Waals surface area contributed by atoms with Crippen LogP contribution in [-0.2, 0) is 14.3 Å². The summed E-state index contributed by atoms with van der Waals surface area (Å²) < 4.78 is 5.36. The first kappa shape index (κ1) is 20.8. The number of carbonyl (C=O) groups is 2. The van der Waals surface area contributed by atoms with Crippen molar-refractivity contribution in [1.29, 1.82) is 0 Å². The van der Waals surface area contributed by atoms with Crippen molar-refractivity contribution in [3.8, 4) is 0 Å². The number of rotatable bonds is 11. The highest BCUT2D eigenvalue weighted by molar-refractivity contribution is 7.13. The second-order valence-electron chi connectivity index (χ2n) is 6.47. The van der Waals surface area contributed by atoms with Crippen molar-refractivity contribution in [3.05, 3.63) is 11.6 Å². The summed E-state index contributed by atoms with van der Waals surface area (Å²) in [5, 5.41) is 5.14. The fourth-order valence-corrected chi connectivity index (χ4v) is 3.40. The van der Waals surface area contributed by atoms with Crippen LogP contribution < -0.4 is 5.32 Å². The van der Waals surface area contributed by atoms with Gasteiger partial charge in [-0.25, -0.2) is 4.98 Å². The Bertz CT molecular complexity index is 533. The number of nitrogens with zero attached hydrogens (tertiary/aromatic N) is 3. The molecule has 2 heterocycles. The van der Waals surface area contributed by atoms with Crippen molar-refractivity contribution in [2.45, 2.75) is 39.0 Å². The fraction of sp³-hybridized carbons (Fsp3) is 0.722. The normalized spacial score (nSPS) is 15.0. The summed E-state index contributed by atoms with van der Waals surface area (Å²) in [7, 11) is 0. The molecule has 0 spiro atoms. The first-order valence-corrected chi connectivity index (χ1v) is 10.3. The molecule has 0 unspecified atom stereocenters. The van der Waals surface area contributed by atoms with Gasteiger partial charge in [-0.2, -0.15) is 0 Å². The predicted molar refractivity (Wildman–Crippen MR) is 103 cm³/mol. The van der Waals surface area contributed by atoms with Crippen molar-refractivity contribution in [2.75, 3.05) is 51.3 Å². The summed E-state index contributed by atoms with van der Waals surface area (Å²) in [5.74, 6) is -0.132. The molecular formula is C18H30N4O3S. The summed E-state index contributed by atoms with van der Waals surface area (Å²) in [6.07, 6.45) is 6.39. The van der Waals surface area contributed by atoms with E-state index in [1.165, 1.54) is 11.3 Å². The molecule has 2 amide bonds. The van der Waals surface area contributed by atoms with Crippen LogP contribution in [0.2, 0.25) is 0 Å². The molecule has 2 rings (SSSR count). The van der Waals surface area contributed by atoms with Crippen LogP contribution in [-0.4, -0.2) is 72.5 Å². The summed E-state index contributed by atoms with van der Waals surface area (Å²) in [6, 6.07) is 0. The molecular weight excluding hydrogens is 352 g/mol. The highest BCUT2D eigenvalue weighted by atomic mass is 32.1. The van der Waals surface area contributed by atoms with Gasteiger partial charge >= 0.3 is 0 Å². The van der Waals surface area contributed by atoms with Gasteiger partial charge in [0.15, 0.2) is 5.13 Å². The van der Waals surface area contributed by atoms with Crippen LogP contribution >= 0.6 is 11.3 Å². The lowest BCUT2D eigenvalue weighted by Gasteiger charge is -2.30. The number of morpholine rings is 1. The first-order chi connectivity index (χ1) is 12.7. The molecule has 7 nitrogen and oxygen atoms in total. The molecule has 0 bridgehead atoms. The van der Waals surface area contributed by atoms with Gasteiger partial charge in [0, 0.05) is 44.2 Å². The summed E-state index contributed by atoms with van der Waals surface area (Å²) in [5.41, 5.74) is 0. The third kappa shape index (κ3) is 7.80. The SMILES string of the molecule is CCCCCCC(=O)N(CCN1CCOCC1)CC(=O)Nc1nccs1. The van der Waals surface area contributed by atoms with Crippen LogP contribution in [0.1, 0.15) is 39.0 Å². The van der Waals surface area contributed by atoms with Gasteiger partial charge in [-0.15, -0.1) is 11.3 Å². The number of amides is 2. The van der Waals surface area contributed by atoms with Crippen molar-refractivity contribution >= 4 is 28.3 Å². The topological polar surface area (TPSA) is 74.8 Å². The average Bonchev–Trinajstić information content (AvgIpc) is 3.15. The van der Waals surface area contributed by atoms with Gasteiger partial charge in [0.25, 0.3) is 0 Å². The van der Waals surface area contributed by atoms with Crippen LogP contribution in [0.3, 0.4) is 0 Å². The summed E-state index contributed by atoms with van der Waals surface area (Å²) >= 11 is 1.37. The van der Waals surface area contributed by atoms with Crippen LogP contribution in [0.5, 0.6) is 0 Å². The van der Waals surface area contributed by atoms with Gasteiger partial charge < -0.3 is 15.0 Å². The van der Waals surface area contributed by atoms with Crippen LogP contribution in [0.4, 0.5) is 5.13 Å². The maximum atomic E-state index is 12.6. The van der Waals surface area contributed by atoms with Crippen molar-refractivity contribution in [3.63, 3.8) is 0 Å². The van der Waals surface area contributed by atoms with Gasteiger partial charge in [0.05, 0.1) is 19.8 Å². The first-order valence-electron chi connectivity index (χ1n) is 9.46. The van der Waals surface area contributed by atoms with E-state index in [1.54, 1.807) is 11.1 Å². The molecule has 1 aliphatic heterocycles. The molecule has 1 aromatic rings. The minimum absolute atomic E-state index is 0.0589. The van der Waals surface area contributed by atoms with Crippen LogP contribution in [0, 0.1) is 0 Å². The Kier molecular flexibility index (Phi) is 9.58. The molecule has 26 heavy (non-hydrogen) atoms. The average molecular weight is 383 g/mol. The molecule has 1 aromatic heterocycles. The number of ether oxygens (including phenoxy) is 1. The number of nitrogens with one attached hydrogen (secondary N) is 1. The highest BCUT2D eigenvalue weighted by Gasteiger charge is 2.19. The second-order valence-corrected chi connectivity index (χ2v) is 7.36. The number of hydrogen-bond donors (Lipinski definition) is 1. The largest absolute Gasteiger partial charge is 0.379 e. The Morgan fingerprint density at radius 1 is 1.31 bits per heavy atom. The Balaban J connectivity index is 1.83. The lowest BCUT2D eigenvalue weighted by atomic mass is 10.1. The molecule has 0 atom stereocenters. The van der Waals surface area contributed by atoms with Gasteiger partial charge in [-0.3, -0.25) is 14.5 Å². The molecule has 1 saturated heterocycles. The quantitative estimate of drug-likeness (QED) is 0.594. The maximum absolute atomic E-state index is 12.6. The Hall–Kier alpha value is -1.51. The zero-order valence-corrected chi connectivity index (χ0v) is 16.4. The summed E-state index contributed by atoms with van der Waals surface area (Å²) in [4.78, 5) is 32.9. The minimum Gasteiger partial charge on any atom is -0.379 e. The molecule has 0 radical (unpaired) electrons. The minimum atomic E-state index is -0.191. The third-order valence-corrected chi connectivity index (χ3v) is 5.09. The smallest absolute Gasteiger partial charge is 0.245 e. The van der Waals surface area contributed by atoms with Gasteiger partial charge in [0.2, 0.25) is 11.8 Å². The van der Waals surface area contributed by atoms with Gasteiger partial charge in [-0.1, -0.05) is 26.2 Å².